The van der Waals surface area contributed by atoms with E-state index in [-0.39, 0.29) is 27.7 Å². The first-order chi connectivity index (χ1) is 17.3. The molecule has 3 aromatic heterocycles. The maximum Gasteiger partial charge on any atom is 0.445 e. The fourth-order valence-electron chi connectivity index (χ4n) is 4.36. The van der Waals surface area contributed by atoms with Crippen molar-refractivity contribution in [1.82, 2.24) is 29.2 Å². The van der Waals surface area contributed by atoms with E-state index >= 15 is 0 Å². The smallest absolute Gasteiger partial charge is 0.366 e. The number of hydrogen-bond acceptors (Lipinski definition) is 9. The number of nitrogens with zero attached hydrogens (tertiary/aromatic N) is 7. The molecule has 1 aliphatic carbocycles. The summed E-state index contributed by atoms with van der Waals surface area (Å²) in [7, 11) is -4.18. The number of amides is 1. The molecule has 1 saturated carbocycles. The van der Waals surface area contributed by atoms with Crippen molar-refractivity contribution in [2.45, 2.75) is 49.3 Å². The summed E-state index contributed by atoms with van der Waals surface area (Å²) in [5.74, 6) is -0.0782. The Hall–Kier alpha value is -3.29. The average molecular weight is 555 g/mol. The first-order valence-corrected chi connectivity index (χ1v) is 13.5. The van der Waals surface area contributed by atoms with Crippen LogP contribution in [0.3, 0.4) is 0 Å². The van der Waals surface area contributed by atoms with Crippen LogP contribution in [0.2, 0.25) is 0 Å². The highest BCUT2D eigenvalue weighted by atomic mass is 32.2. The van der Waals surface area contributed by atoms with Gasteiger partial charge in [0.2, 0.25) is 20.9 Å². The van der Waals surface area contributed by atoms with E-state index in [1.54, 1.807) is 4.90 Å². The normalized spacial score (nSPS) is 19.7. The van der Waals surface area contributed by atoms with Gasteiger partial charge in [0.05, 0.1) is 23.5 Å². The van der Waals surface area contributed by atoms with E-state index in [0.29, 0.717) is 55.0 Å². The van der Waals surface area contributed by atoms with Crippen LogP contribution in [0.25, 0.3) is 16.3 Å². The van der Waals surface area contributed by atoms with Crippen molar-refractivity contribution in [1.29, 1.82) is 5.26 Å². The minimum Gasteiger partial charge on any atom is -0.366 e. The molecular formula is C21H21F3N8O3S2. The highest BCUT2D eigenvalue weighted by molar-refractivity contribution is 7.89. The molecule has 0 bridgehead atoms. The number of piperazine rings is 1. The zero-order valence-corrected chi connectivity index (χ0v) is 21.3. The Morgan fingerprint density at radius 2 is 2.03 bits per heavy atom. The van der Waals surface area contributed by atoms with Gasteiger partial charge in [-0.05, 0) is 25.8 Å². The maximum atomic E-state index is 13.3. The second-order valence-corrected chi connectivity index (χ2v) is 11.8. The number of sulfonamides is 1. The Balaban J connectivity index is 1.63. The van der Waals surface area contributed by atoms with Crippen LogP contribution < -0.4 is 9.62 Å². The number of aromatic nitrogens is 4. The summed E-state index contributed by atoms with van der Waals surface area (Å²) < 4.78 is 69.8. The van der Waals surface area contributed by atoms with Gasteiger partial charge in [0.1, 0.15) is 10.4 Å². The van der Waals surface area contributed by atoms with Crippen LogP contribution in [-0.2, 0) is 21.0 Å². The van der Waals surface area contributed by atoms with Gasteiger partial charge in [-0.1, -0.05) is 11.3 Å². The van der Waals surface area contributed by atoms with Crippen LogP contribution in [-0.4, -0.2) is 70.0 Å². The monoisotopic (exact) mass is 554 g/mol. The molecule has 1 atom stereocenters. The number of pyridine rings is 1. The molecule has 2 fully saturated rings. The van der Waals surface area contributed by atoms with Crippen LogP contribution in [0.4, 0.5) is 18.9 Å². The standard InChI is InChI=1S/C21H21F3N8O3S2/c1-12-9-30(5-6-31(12)13(2)33)15-7-14(37(34,35)29-20(11-25)3-4-20)10-32-16(15)8-26-17(32)18-27-28-19(36-18)21(22,23)24/h7-8,10,12,29H,3-6,9H2,1-2H3/t12-/m1/s1. The number of imidazole rings is 1. The molecule has 1 amide bonds. The van der Waals surface area contributed by atoms with E-state index in [1.807, 2.05) is 17.9 Å². The summed E-state index contributed by atoms with van der Waals surface area (Å²) in [4.78, 5) is 19.6. The number of hydrogen-bond donors (Lipinski definition) is 1. The molecule has 0 aromatic carbocycles. The third-order valence-corrected chi connectivity index (χ3v) is 8.90. The minimum absolute atomic E-state index is 0.00172. The van der Waals surface area contributed by atoms with Gasteiger partial charge in [0.25, 0.3) is 0 Å². The molecular weight excluding hydrogens is 533 g/mol. The Bertz CT molecular complexity index is 1540. The van der Waals surface area contributed by atoms with Crippen molar-refractivity contribution < 1.29 is 26.4 Å². The maximum absolute atomic E-state index is 13.3. The molecule has 2 aliphatic rings. The van der Waals surface area contributed by atoms with Gasteiger partial charge in [0, 0.05) is 38.8 Å². The van der Waals surface area contributed by atoms with Crippen molar-refractivity contribution in [2.75, 3.05) is 24.5 Å². The van der Waals surface area contributed by atoms with Gasteiger partial charge >= 0.3 is 6.18 Å². The lowest BCUT2D eigenvalue weighted by atomic mass is 10.1. The lowest BCUT2D eigenvalue weighted by molar-refractivity contribution is -0.138. The number of anilines is 1. The lowest BCUT2D eigenvalue weighted by Gasteiger charge is -2.40. The van der Waals surface area contributed by atoms with E-state index in [9.17, 15) is 31.6 Å². The van der Waals surface area contributed by atoms with Crippen LogP contribution >= 0.6 is 11.3 Å². The predicted molar refractivity (Wildman–Crippen MR) is 126 cm³/mol. The fraction of sp³-hybridized carbons (Fsp3) is 0.476. The Labute approximate surface area is 213 Å². The topological polar surface area (TPSA) is 137 Å². The van der Waals surface area contributed by atoms with Crippen LogP contribution in [0.1, 0.15) is 31.7 Å². The largest absolute Gasteiger partial charge is 0.445 e. The van der Waals surface area contributed by atoms with Crippen LogP contribution in [0, 0.1) is 11.3 Å². The van der Waals surface area contributed by atoms with Crippen molar-refractivity contribution in [2.24, 2.45) is 0 Å². The summed E-state index contributed by atoms with van der Waals surface area (Å²) in [5.41, 5.74) is -0.254. The summed E-state index contributed by atoms with van der Waals surface area (Å²) in [6.07, 6.45) is -1.24. The first-order valence-electron chi connectivity index (χ1n) is 11.2. The number of carbonyl (C=O) groups excluding carboxylic acids is 1. The molecule has 11 nitrogen and oxygen atoms in total. The Morgan fingerprint density at radius 3 is 2.59 bits per heavy atom. The average Bonchev–Trinajstić information content (AvgIpc) is 3.20. The van der Waals surface area contributed by atoms with Gasteiger partial charge in [-0.2, -0.15) is 23.2 Å². The third-order valence-electron chi connectivity index (χ3n) is 6.43. The number of fused-ring (bicyclic) bond motifs is 1. The second kappa shape index (κ2) is 8.64. The molecule has 0 spiro atoms. The van der Waals surface area contributed by atoms with E-state index in [2.05, 4.69) is 19.9 Å². The molecule has 3 aromatic rings. The molecule has 37 heavy (non-hydrogen) atoms. The summed E-state index contributed by atoms with van der Waals surface area (Å²) >= 11 is 0.298. The predicted octanol–water partition coefficient (Wildman–Crippen LogP) is 2.26. The van der Waals surface area contributed by atoms with Crippen molar-refractivity contribution in [3.8, 4) is 16.9 Å². The number of rotatable bonds is 5. The van der Waals surface area contributed by atoms with Gasteiger partial charge in [0.15, 0.2) is 10.8 Å². The zero-order valence-electron chi connectivity index (χ0n) is 19.7. The van der Waals surface area contributed by atoms with E-state index in [1.165, 1.54) is 29.8 Å². The van der Waals surface area contributed by atoms with Crippen LogP contribution in [0.15, 0.2) is 23.4 Å². The quantitative estimate of drug-likeness (QED) is 0.507. The molecule has 1 saturated heterocycles. The highest BCUT2D eigenvalue weighted by Gasteiger charge is 2.47. The van der Waals surface area contributed by atoms with Gasteiger partial charge < -0.3 is 9.80 Å². The second-order valence-electron chi connectivity index (χ2n) is 9.12. The van der Waals surface area contributed by atoms with E-state index in [4.69, 9.17) is 0 Å². The summed E-state index contributed by atoms with van der Waals surface area (Å²) in [5, 5.41) is 14.9. The Kier molecular flexibility index (Phi) is 5.92. The minimum atomic E-state index is -4.69. The summed E-state index contributed by atoms with van der Waals surface area (Å²) in [6.45, 7) is 4.55. The number of carbonyl (C=O) groups is 1. The number of nitrogens with one attached hydrogen (secondary N) is 1. The number of halogens is 3. The third kappa shape index (κ3) is 4.62. The lowest BCUT2D eigenvalue weighted by Crippen LogP contribution is -2.53. The zero-order chi connectivity index (χ0) is 26.8. The van der Waals surface area contributed by atoms with Gasteiger partial charge in [-0.15, -0.1) is 10.2 Å². The molecule has 16 heteroatoms. The number of nitriles is 1. The van der Waals surface area contributed by atoms with Crippen molar-refractivity contribution >= 4 is 38.5 Å². The number of alkyl halides is 3. The molecule has 196 valence electrons. The Morgan fingerprint density at radius 1 is 1.30 bits per heavy atom. The van der Waals surface area contributed by atoms with Gasteiger partial charge in [-0.3, -0.25) is 9.20 Å². The highest BCUT2D eigenvalue weighted by Crippen LogP contribution is 2.38. The molecule has 0 radical (unpaired) electrons. The molecule has 1 N–H and O–H groups in total. The van der Waals surface area contributed by atoms with E-state index in [0.717, 1.165) is 0 Å². The molecule has 1 aliphatic heterocycles. The van der Waals surface area contributed by atoms with E-state index < -0.39 is 26.7 Å². The fourth-order valence-corrected chi connectivity index (χ4v) is 6.46. The molecule has 0 unspecified atom stereocenters. The van der Waals surface area contributed by atoms with Crippen molar-refractivity contribution in [3.05, 3.63) is 23.5 Å². The molecule has 4 heterocycles. The first kappa shape index (κ1) is 25.4. The SMILES string of the molecule is CC(=O)N1CCN(c2cc(S(=O)(=O)NC3(C#N)CC3)cn3c(-c4nnc(C(F)(F)F)s4)ncc23)C[C@H]1C. The van der Waals surface area contributed by atoms with Crippen molar-refractivity contribution in [3.63, 3.8) is 0 Å². The van der Waals surface area contributed by atoms with Gasteiger partial charge in [-0.25, -0.2) is 13.4 Å². The summed E-state index contributed by atoms with van der Waals surface area (Å²) in [6, 6.07) is 3.27. The van der Waals surface area contributed by atoms with Crippen LogP contribution in [0.5, 0.6) is 0 Å². The molecule has 5 rings (SSSR count).